The molecular weight excluding hydrogens is 280 g/mol. The normalized spacial score (nSPS) is 11.9. The largest absolute Gasteiger partial charge is 0.387 e. The highest BCUT2D eigenvalue weighted by Crippen LogP contribution is 2.32. The summed E-state index contributed by atoms with van der Waals surface area (Å²) in [6.45, 7) is 0.158. The molecule has 2 aromatic rings. The van der Waals surface area contributed by atoms with E-state index in [-0.39, 0.29) is 22.9 Å². The van der Waals surface area contributed by atoms with Crippen LogP contribution in [0.25, 0.3) is 0 Å². The van der Waals surface area contributed by atoms with Gasteiger partial charge in [-0.15, -0.1) is 0 Å². The van der Waals surface area contributed by atoms with Crippen LogP contribution in [0, 0.1) is 10.1 Å². The van der Waals surface area contributed by atoms with Crippen molar-refractivity contribution in [3.63, 3.8) is 0 Å². The number of benzene rings is 2. The zero-order chi connectivity index (χ0) is 14.5. The number of nitro groups is 1. The quantitative estimate of drug-likeness (QED) is 0.654. The van der Waals surface area contributed by atoms with Gasteiger partial charge in [0.25, 0.3) is 0 Å². The molecule has 0 radical (unpaired) electrons. The Kier molecular flexibility index (Phi) is 4.55. The highest BCUT2D eigenvalue weighted by molar-refractivity contribution is 6.33. The highest BCUT2D eigenvalue weighted by Gasteiger charge is 2.18. The Balaban J connectivity index is 2.12. The first-order valence-corrected chi connectivity index (χ1v) is 6.37. The summed E-state index contributed by atoms with van der Waals surface area (Å²) in [6, 6.07) is 13.7. The molecule has 0 heterocycles. The van der Waals surface area contributed by atoms with Crippen LogP contribution in [0.1, 0.15) is 11.7 Å². The zero-order valence-electron chi connectivity index (χ0n) is 10.5. The number of aliphatic hydroxyl groups excluding tert-OH is 1. The van der Waals surface area contributed by atoms with Crippen LogP contribution >= 0.6 is 11.6 Å². The Morgan fingerprint density at radius 3 is 2.55 bits per heavy atom. The number of nitro benzene ring substituents is 1. The van der Waals surface area contributed by atoms with Crippen LogP contribution in [0.5, 0.6) is 0 Å². The van der Waals surface area contributed by atoms with Crippen molar-refractivity contribution in [3.8, 4) is 0 Å². The maximum atomic E-state index is 11.0. The number of nitrogens with one attached hydrogen (secondary N) is 1. The second-order valence-electron chi connectivity index (χ2n) is 4.20. The second-order valence-corrected chi connectivity index (χ2v) is 4.61. The fourth-order valence-corrected chi connectivity index (χ4v) is 2.09. The first kappa shape index (κ1) is 14.3. The molecule has 104 valence electrons. The van der Waals surface area contributed by atoms with E-state index in [4.69, 9.17) is 11.6 Å². The van der Waals surface area contributed by atoms with E-state index in [1.165, 1.54) is 6.07 Å². The summed E-state index contributed by atoms with van der Waals surface area (Å²) in [5.41, 5.74) is 0.844. The van der Waals surface area contributed by atoms with E-state index in [0.29, 0.717) is 0 Å². The standard InChI is InChI=1S/C14H13ClN2O3/c15-11-7-4-8-12(14(11)17(19)20)16-9-13(18)10-5-2-1-3-6-10/h1-8,13,16,18H,9H2. The number of halogens is 1. The molecule has 20 heavy (non-hydrogen) atoms. The van der Waals surface area contributed by atoms with E-state index in [1.54, 1.807) is 24.3 Å². The van der Waals surface area contributed by atoms with E-state index >= 15 is 0 Å². The van der Waals surface area contributed by atoms with Crippen molar-refractivity contribution >= 4 is 23.0 Å². The van der Waals surface area contributed by atoms with Crippen LogP contribution < -0.4 is 5.32 Å². The monoisotopic (exact) mass is 292 g/mol. The Hall–Kier alpha value is -2.11. The van der Waals surface area contributed by atoms with Gasteiger partial charge in [0.2, 0.25) is 0 Å². The molecule has 0 spiro atoms. The van der Waals surface area contributed by atoms with Gasteiger partial charge >= 0.3 is 5.69 Å². The van der Waals surface area contributed by atoms with Gasteiger partial charge in [-0.3, -0.25) is 10.1 Å². The third kappa shape index (κ3) is 3.26. The summed E-state index contributed by atoms with van der Waals surface area (Å²) in [6.07, 6.45) is -0.755. The minimum absolute atomic E-state index is 0.0641. The lowest BCUT2D eigenvalue weighted by atomic mass is 10.1. The Morgan fingerprint density at radius 2 is 1.90 bits per heavy atom. The fraction of sp³-hybridized carbons (Fsp3) is 0.143. The second kappa shape index (κ2) is 6.36. The number of para-hydroxylation sites is 1. The number of nitrogens with zero attached hydrogens (tertiary/aromatic N) is 1. The summed E-state index contributed by atoms with van der Waals surface area (Å²) in [5.74, 6) is 0. The molecule has 0 aliphatic heterocycles. The van der Waals surface area contributed by atoms with Crippen molar-refractivity contribution in [2.75, 3.05) is 11.9 Å². The molecule has 6 heteroatoms. The summed E-state index contributed by atoms with van der Waals surface area (Å²) in [5, 5.41) is 23.9. The van der Waals surface area contributed by atoms with E-state index in [9.17, 15) is 15.2 Å². The average Bonchev–Trinajstić information content (AvgIpc) is 2.45. The van der Waals surface area contributed by atoms with Crippen LogP contribution in [0.2, 0.25) is 5.02 Å². The van der Waals surface area contributed by atoms with Crippen molar-refractivity contribution < 1.29 is 10.0 Å². The van der Waals surface area contributed by atoms with Gasteiger partial charge in [-0.2, -0.15) is 0 Å². The predicted octanol–water partition coefficient (Wildman–Crippen LogP) is 3.39. The van der Waals surface area contributed by atoms with Gasteiger partial charge in [-0.05, 0) is 17.7 Å². The van der Waals surface area contributed by atoms with Gasteiger partial charge in [0, 0.05) is 6.54 Å². The SMILES string of the molecule is O=[N+]([O-])c1c(Cl)cccc1NCC(O)c1ccccc1. The number of hydrogen-bond donors (Lipinski definition) is 2. The van der Waals surface area contributed by atoms with Gasteiger partial charge in [0.05, 0.1) is 11.0 Å². The molecule has 2 N–H and O–H groups in total. The molecule has 1 unspecified atom stereocenters. The van der Waals surface area contributed by atoms with Crippen molar-refractivity contribution in [1.82, 2.24) is 0 Å². The van der Waals surface area contributed by atoms with E-state index in [2.05, 4.69) is 5.32 Å². The first-order valence-electron chi connectivity index (χ1n) is 5.99. The van der Waals surface area contributed by atoms with Crippen molar-refractivity contribution in [1.29, 1.82) is 0 Å². The van der Waals surface area contributed by atoms with Crippen LogP contribution in [-0.2, 0) is 0 Å². The van der Waals surface area contributed by atoms with E-state index in [0.717, 1.165) is 5.56 Å². The Labute approximate surface area is 121 Å². The van der Waals surface area contributed by atoms with Crippen molar-refractivity contribution in [2.45, 2.75) is 6.10 Å². The maximum absolute atomic E-state index is 11.0. The number of anilines is 1. The molecule has 2 rings (SSSR count). The number of rotatable bonds is 5. The van der Waals surface area contributed by atoms with Gasteiger partial charge in [0.15, 0.2) is 0 Å². The van der Waals surface area contributed by atoms with Crippen LogP contribution in [0.4, 0.5) is 11.4 Å². The molecule has 5 nitrogen and oxygen atoms in total. The average molecular weight is 293 g/mol. The van der Waals surface area contributed by atoms with Crippen molar-refractivity contribution in [2.24, 2.45) is 0 Å². The summed E-state index contributed by atoms with van der Waals surface area (Å²) < 4.78 is 0. The molecular formula is C14H13ClN2O3. The molecule has 0 bridgehead atoms. The van der Waals surface area contributed by atoms with Gasteiger partial charge < -0.3 is 10.4 Å². The minimum Gasteiger partial charge on any atom is -0.387 e. The van der Waals surface area contributed by atoms with Crippen LogP contribution in [0.15, 0.2) is 48.5 Å². The molecule has 0 fully saturated rings. The lowest BCUT2D eigenvalue weighted by Crippen LogP contribution is -2.13. The lowest BCUT2D eigenvalue weighted by molar-refractivity contribution is -0.383. The summed E-state index contributed by atoms with van der Waals surface area (Å²) in [4.78, 5) is 10.4. The summed E-state index contributed by atoms with van der Waals surface area (Å²) in [7, 11) is 0. The highest BCUT2D eigenvalue weighted by atomic mass is 35.5. The van der Waals surface area contributed by atoms with Gasteiger partial charge in [-0.1, -0.05) is 48.0 Å². The Bertz CT molecular complexity index is 605. The predicted molar refractivity (Wildman–Crippen MR) is 78.0 cm³/mol. The third-order valence-corrected chi connectivity index (χ3v) is 3.14. The topological polar surface area (TPSA) is 75.4 Å². The molecule has 0 saturated carbocycles. The zero-order valence-corrected chi connectivity index (χ0v) is 11.2. The van der Waals surface area contributed by atoms with Gasteiger partial charge in [-0.25, -0.2) is 0 Å². The fourth-order valence-electron chi connectivity index (χ4n) is 1.84. The number of hydrogen-bond acceptors (Lipinski definition) is 4. The molecule has 0 amide bonds. The molecule has 0 aliphatic rings. The molecule has 0 aromatic heterocycles. The maximum Gasteiger partial charge on any atom is 0.310 e. The lowest BCUT2D eigenvalue weighted by Gasteiger charge is -2.13. The minimum atomic E-state index is -0.755. The van der Waals surface area contributed by atoms with E-state index < -0.39 is 11.0 Å². The van der Waals surface area contributed by atoms with Crippen LogP contribution in [-0.4, -0.2) is 16.6 Å². The van der Waals surface area contributed by atoms with Crippen LogP contribution in [0.3, 0.4) is 0 Å². The molecule has 0 saturated heterocycles. The molecule has 2 aromatic carbocycles. The Morgan fingerprint density at radius 1 is 1.20 bits per heavy atom. The first-order chi connectivity index (χ1) is 9.59. The number of aliphatic hydroxyl groups is 1. The summed E-state index contributed by atoms with van der Waals surface area (Å²) >= 11 is 5.81. The van der Waals surface area contributed by atoms with E-state index in [1.807, 2.05) is 18.2 Å². The van der Waals surface area contributed by atoms with Crippen molar-refractivity contribution in [3.05, 3.63) is 69.2 Å². The van der Waals surface area contributed by atoms with Gasteiger partial charge in [0.1, 0.15) is 10.7 Å². The third-order valence-electron chi connectivity index (χ3n) is 2.84. The molecule has 0 aliphatic carbocycles. The smallest absolute Gasteiger partial charge is 0.310 e. The molecule has 1 atom stereocenters.